The molecule has 3 heterocycles. The zero-order chi connectivity index (χ0) is 20.5. The van der Waals surface area contributed by atoms with Crippen molar-refractivity contribution in [3.63, 3.8) is 0 Å². The Morgan fingerprint density at radius 2 is 1.97 bits per heavy atom. The second kappa shape index (κ2) is 7.89. The second-order valence-electron chi connectivity index (χ2n) is 6.77. The van der Waals surface area contributed by atoms with Gasteiger partial charge in [-0.15, -0.1) is 11.3 Å². The first-order chi connectivity index (χ1) is 14.7. The molecule has 0 saturated carbocycles. The van der Waals surface area contributed by atoms with E-state index in [9.17, 15) is 4.79 Å². The largest absolute Gasteiger partial charge is 0.497 e. The van der Waals surface area contributed by atoms with E-state index in [4.69, 9.17) is 9.72 Å². The first kappa shape index (κ1) is 18.8. The predicted molar refractivity (Wildman–Crippen MR) is 122 cm³/mol. The van der Waals surface area contributed by atoms with Gasteiger partial charge in [0.05, 0.1) is 23.0 Å². The van der Waals surface area contributed by atoms with Crippen molar-refractivity contribution in [2.45, 2.75) is 12.8 Å². The fraction of sp³-hybridized carbons (Fsp3) is 0.136. The van der Waals surface area contributed by atoms with E-state index in [0.29, 0.717) is 18.0 Å². The number of para-hydroxylation sites is 1. The molecule has 0 bridgehead atoms. The van der Waals surface area contributed by atoms with Crippen molar-refractivity contribution >= 4 is 48.9 Å². The molecule has 0 aliphatic carbocycles. The highest BCUT2D eigenvalue weighted by molar-refractivity contribution is 7.22. The van der Waals surface area contributed by atoms with Gasteiger partial charge in [-0.25, -0.2) is 9.97 Å². The summed E-state index contributed by atoms with van der Waals surface area (Å²) in [5, 5.41) is 5.62. The molecule has 0 radical (unpaired) electrons. The number of amides is 1. The van der Waals surface area contributed by atoms with Crippen LogP contribution in [0.2, 0.25) is 0 Å². The Morgan fingerprint density at radius 3 is 2.77 bits per heavy atom. The molecular weight excluding hydrogens is 416 g/mol. The van der Waals surface area contributed by atoms with Gasteiger partial charge in [-0.3, -0.25) is 9.20 Å². The van der Waals surface area contributed by atoms with Crippen molar-refractivity contribution < 1.29 is 9.53 Å². The number of rotatable bonds is 6. The minimum Gasteiger partial charge on any atom is -0.497 e. The van der Waals surface area contributed by atoms with Gasteiger partial charge in [0.1, 0.15) is 5.75 Å². The summed E-state index contributed by atoms with van der Waals surface area (Å²) in [6.45, 7) is 0. The Labute approximate surface area is 180 Å². The second-order valence-corrected chi connectivity index (χ2v) is 8.64. The summed E-state index contributed by atoms with van der Waals surface area (Å²) < 4.78 is 8.35. The normalized spacial score (nSPS) is 11.2. The van der Waals surface area contributed by atoms with E-state index in [0.717, 1.165) is 37.9 Å². The zero-order valence-electron chi connectivity index (χ0n) is 16.2. The van der Waals surface area contributed by atoms with Crippen LogP contribution in [0.3, 0.4) is 0 Å². The third-order valence-electron chi connectivity index (χ3n) is 4.82. The molecule has 0 saturated heterocycles. The third-order valence-corrected chi connectivity index (χ3v) is 6.66. The molecule has 30 heavy (non-hydrogen) atoms. The van der Waals surface area contributed by atoms with Crippen LogP contribution in [0.25, 0.3) is 26.4 Å². The smallest absolute Gasteiger partial charge is 0.226 e. The number of ether oxygens (including phenoxy) is 1. The number of hydrogen-bond donors (Lipinski definition) is 1. The maximum atomic E-state index is 12.4. The van der Waals surface area contributed by atoms with Crippen LogP contribution in [-0.4, -0.2) is 27.4 Å². The Hall–Kier alpha value is -3.23. The molecule has 0 unspecified atom stereocenters. The van der Waals surface area contributed by atoms with Gasteiger partial charge in [-0.05, 0) is 42.8 Å². The summed E-state index contributed by atoms with van der Waals surface area (Å²) in [6, 6.07) is 15.7. The summed E-state index contributed by atoms with van der Waals surface area (Å²) >= 11 is 3.07. The molecular formula is C22H18N4O2S2. The Morgan fingerprint density at radius 1 is 1.13 bits per heavy atom. The highest BCUT2D eigenvalue weighted by Gasteiger charge is 2.12. The van der Waals surface area contributed by atoms with Crippen molar-refractivity contribution in [2.24, 2.45) is 0 Å². The third kappa shape index (κ3) is 3.67. The van der Waals surface area contributed by atoms with Crippen LogP contribution in [0, 0.1) is 0 Å². The number of aromatic nitrogens is 3. The molecule has 6 nitrogen and oxygen atoms in total. The quantitative estimate of drug-likeness (QED) is 0.396. The number of nitrogens with zero attached hydrogens (tertiary/aromatic N) is 3. The van der Waals surface area contributed by atoms with E-state index < -0.39 is 0 Å². The fourth-order valence-electron chi connectivity index (χ4n) is 3.26. The summed E-state index contributed by atoms with van der Waals surface area (Å²) in [5.74, 6) is 0.781. The van der Waals surface area contributed by atoms with Gasteiger partial charge in [0.25, 0.3) is 0 Å². The minimum absolute atomic E-state index is 0.0381. The van der Waals surface area contributed by atoms with Crippen LogP contribution in [0.1, 0.15) is 12.1 Å². The number of benzene rings is 2. The van der Waals surface area contributed by atoms with Crippen LogP contribution >= 0.6 is 22.7 Å². The number of thiazole rings is 2. The first-order valence-corrected chi connectivity index (χ1v) is 11.1. The number of anilines is 1. The van der Waals surface area contributed by atoms with Gasteiger partial charge < -0.3 is 10.1 Å². The van der Waals surface area contributed by atoms with Crippen LogP contribution in [0.4, 0.5) is 5.13 Å². The highest BCUT2D eigenvalue weighted by atomic mass is 32.1. The van der Waals surface area contributed by atoms with Gasteiger partial charge in [0.2, 0.25) is 5.91 Å². The van der Waals surface area contributed by atoms with Crippen LogP contribution in [0.15, 0.2) is 60.1 Å². The number of fused-ring (bicyclic) bond motifs is 2. The number of aryl methyl sites for hydroxylation is 1. The van der Waals surface area contributed by atoms with E-state index in [2.05, 4.69) is 20.1 Å². The zero-order valence-corrected chi connectivity index (χ0v) is 17.8. The molecule has 2 aromatic carbocycles. The monoisotopic (exact) mass is 434 g/mol. The van der Waals surface area contributed by atoms with Crippen molar-refractivity contribution in [1.29, 1.82) is 0 Å². The standard InChI is InChI=1S/C22H18N4O2S2/c1-28-16-9-6-14(7-10-16)18-12-26-15(13-29-22(26)24-18)8-11-20(27)25-21-23-17-4-2-3-5-19(17)30-21/h2-7,9-10,12-13H,8,11H2,1H3,(H,23,25,27). The highest BCUT2D eigenvalue weighted by Crippen LogP contribution is 2.27. The lowest BCUT2D eigenvalue weighted by molar-refractivity contribution is -0.116. The van der Waals surface area contributed by atoms with Crippen molar-refractivity contribution in [3.05, 3.63) is 65.8 Å². The molecule has 0 aliphatic rings. The first-order valence-electron chi connectivity index (χ1n) is 9.45. The molecule has 5 aromatic rings. The van der Waals surface area contributed by atoms with Gasteiger partial charge in [0, 0.05) is 29.3 Å². The van der Waals surface area contributed by atoms with E-state index >= 15 is 0 Å². The number of hydrogen-bond acceptors (Lipinski definition) is 6. The summed E-state index contributed by atoms with van der Waals surface area (Å²) in [5.41, 5.74) is 3.92. The molecule has 0 atom stereocenters. The van der Waals surface area contributed by atoms with E-state index in [1.165, 1.54) is 11.3 Å². The Balaban J connectivity index is 1.28. The van der Waals surface area contributed by atoms with Crippen LogP contribution < -0.4 is 10.1 Å². The lowest BCUT2D eigenvalue weighted by Gasteiger charge is -2.02. The Kier molecular flexibility index (Phi) is 4.94. The number of imidazole rings is 1. The maximum Gasteiger partial charge on any atom is 0.226 e. The van der Waals surface area contributed by atoms with Crippen LogP contribution in [-0.2, 0) is 11.2 Å². The lowest BCUT2D eigenvalue weighted by Crippen LogP contribution is -2.12. The van der Waals surface area contributed by atoms with Crippen molar-refractivity contribution in [3.8, 4) is 17.0 Å². The van der Waals surface area contributed by atoms with Gasteiger partial charge >= 0.3 is 0 Å². The van der Waals surface area contributed by atoms with Gasteiger partial charge in [0.15, 0.2) is 10.1 Å². The van der Waals surface area contributed by atoms with E-state index in [1.807, 2.05) is 54.7 Å². The number of nitrogens with one attached hydrogen (secondary N) is 1. The molecule has 0 aliphatic heterocycles. The molecule has 0 fully saturated rings. The molecule has 8 heteroatoms. The van der Waals surface area contributed by atoms with E-state index in [-0.39, 0.29) is 5.91 Å². The molecule has 5 rings (SSSR count). The number of carbonyl (C=O) groups excluding carboxylic acids is 1. The molecule has 0 spiro atoms. The maximum absolute atomic E-state index is 12.4. The van der Waals surface area contributed by atoms with E-state index in [1.54, 1.807) is 18.4 Å². The molecule has 3 aromatic heterocycles. The lowest BCUT2D eigenvalue weighted by atomic mass is 10.1. The predicted octanol–water partition coefficient (Wildman–Crippen LogP) is 5.25. The Bertz CT molecular complexity index is 1300. The van der Waals surface area contributed by atoms with Gasteiger partial charge in [-0.2, -0.15) is 0 Å². The van der Waals surface area contributed by atoms with Crippen molar-refractivity contribution in [1.82, 2.24) is 14.4 Å². The average Bonchev–Trinajstić information content (AvgIpc) is 3.46. The molecule has 1 N–H and O–H groups in total. The number of methoxy groups -OCH3 is 1. The summed E-state index contributed by atoms with van der Waals surface area (Å²) in [7, 11) is 1.65. The number of carbonyl (C=O) groups is 1. The fourth-order valence-corrected chi connectivity index (χ4v) is 5.05. The topological polar surface area (TPSA) is 68.5 Å². The molecule has 150 valence electrons. The minimum atomic E-state index is -0.0381. The average molecular weight is 435 g/mol. The summed E-state index contributed by atoms with van der Waals surface area (Å²) in [6.07, 6.45) is 3.04. The van der Waals surface area contributed by atoms with Crippen molar-refractivity contribution in [2.75, 3.05) is 12.4 Å². The molecule has 1 amide bonds. The van der Waals surface area contributed by atoms with Crippen LogP contribution in [0.5, 0.6) is 5.75 Å². The van der Waals surface area contributed by atoms with Gasteiger partial charge in [-0.1, -0.05) is 23.5 Å². The summed E-state index contributed by atoms with van der Waals surface area (Å²) in [4.78, 5) is 22.5. The SMILES string of the molecule is COc1ccc(-c2cn3c(CCC(=O)Nc4nc5ccccc5s4)csc3n2)cc1.